The molecule has 3 heterocycles. The van der Waals surface area contributed by atoms with Crippen LogP contribution >= 0.6 is 0 Å². The molecule has 2 saturated heterocycles. The molecule has 1 aliphatic carbocycles. The normalized spacial score (nSPS) is 29.7. The van der Waals surface area contributed by atoms with Crippen LogP contribution in [0.5, 0.6) is 0 Å². The third-order valence-corrected chi connectivity index (χ3v) is 5.33. The molecular weight excluding hydrogens is 294 g/mol. The zero-order valence-electron chi connectivity index (χ0n) is 13.6. The average molecular weight is 319 g/mol. The molecule has 6 nitrogen and oxygen atoms in total. The molecule has 1 atom stereocenters. The molecule has 4 rings (SSSR count). The van der Waals surface area contributed by atoms with Crippen molar-refractivity contribution in [2.45, 2.75) is 25.7 Å². The first-order valence-electron chi connectivity index (χ1n) is 8.74. The lowest BCUT2D eigenvalue weighted by molar-refractivity contribution is 0.00568. The lowest BCUT2D eigenvalue weighted by atomic mass is 9.80. The van der Waals surface area contributed by atoms with Gasteiger partial charge >= 0.3 is 0 Å². The van der Waals surface area contributed by atoms with Crippen LogP contribution in [0.3, 0.4) is 0 Å². The number of hydrogen-bond donors (Lipinski definition) is 0. The molecule has 0 radical (unpaired) electrons. The molecule has 1 amide bonds. The van der Waals surface area contributed by atoms with Gasteiger partial charge in [-0.2, -0.15) is 0 Å². The lowest BCUT2D eigenvalue weighted by Gasteiger charge is -2.43. The fourth-order valence-electron chi connectivity index (χ4n) is 4.01. The van der Waals surface area contributed by atoms with Crippen molar-refractivity contribution >= 4 is 5.91 Å². The first-order valence-corrected chi connectivity index (χ1v) is 8.74. The summed E-state index contributed by atoms with van der Waals surface area (Å²) < 4.78 is 11.0. The SMILES string of the molecule is O=C(c1ccno1)N1CCC[C@]2(COCCN(CC3CC3)C2)C1. The molecular formula is C17H25N3O3. The minimum absolute atomic E-state index is 0.0421. The predicted molar refractivity (Wildman–Crippen MR) is 84.1 cm³/mol. The largest absolute Gasteiger partial charge is 0.379 e. The van der Waals surface area contributed by atoms with Gasteiger partial charge in [-0.25, -0.2) is 0 Å². The quantitative estimate of drug-likeness (QED) is 0.848. The summed E-state index contributed by atoms with van der Waals surface area (Å²) >= 11 is 0. The summed E-state index contributed by atoms with van der Waals surface area (Å²) in [5.41, 5.74) is 0.0688. The average Bonchev–Trinajstić information content (AvgIpc) is 3.24. The second kappa shape index (κ2) is 6.24. The first kappa shape index (κ1) is 15.1. The van der Waals surface area contributed by atoms with Gasteiger partial charge in [-0.15, -0.1) is 0 Å². The van der Waals surface area contributed by atoms with Crippen LogP contribution in [0, 0.1) is 11.3 Å². The number of hydrogen-bond acceptors (Lipinski definition) is 5. The van der Waals surface area contributed by atoms with Crippen molar-refractivity contribution in [3.05, 3.63) is 18.0 Å². The number of rotatable bonds is 3. The standard InChI is InChI=1S/C17H25N3O3/c21-16(15-4-6-18-23-15)20-7-1-5-17(12-20)11-19(8-9-22-13-17)10-14-2-3-14/h4,6,14H,1-3,5,7-13H2/t17-/m1/s1. The molecule has 3 aliphatic rings. The van der Waals surface area contributed by atoms with Gasteiger partial charge in [0.25, 0.3) is 5.91 Å². The van der Waals surface area contributed by atoms with Gasteiger partial charge in [0, 0.05) is 44.2 Å². The van der Waals surface area contributed by atoms with Gasteiger partial charge in [-0.05, 0) is 31.6 Å². The Bertz CT molecular complexity index is 543. The number of amides is 1. The Morgan fingerprint density at radius 1 is 1.35 bits per heavy atom. The minimum atomic E-state index is -0.0421. The van der Waals surface area contributed by atoms with E-state index in [1.54, 1.807) is 6.07 Å². The van der Waals surface area contributed by atoms with Crippen LogP contribution in [0.2, 0.25) is 0 Å². The maximum absolute atomic E-state index is 12.6. The van der Waals surface area contributed by atoms with Crippen molar-refractivity contribution < 1.29 is 14.1 Å². The molecule has 126 valence electrons. The highest BCUT2D eigenvalue weighted by Crippen LogP contribution is 2.36. The zero-order chi connectivity index (χ0) is 15.7. The molecule has 0 aromatic carbocycles. The lowest BCUT2D eigenvalue weighted by Crippen LogP contribution is -2.52. The van der Waals surface area contributed by atoms with Gasteiger partial charge in [0.15, 0.2) is 0 Å². The van der Waals surface area contributed by atoms with E-state index in [2.05, 4.69) is 10.1 Å². The van der Waals surface area contributed by atoms with Crippen LogP contribution in [0.4, 0.5) is 0 Å². The summed E-state index contributed by atoms with van der Waals surface area (Å²) in [5.74, 6) is 1.19. The van der Waals surface area contributed by atoms with Crippen molar-refractivity contribution in [3.63, 3.8) is 0 Å². The second-order valence-electron chi connectivity index (χ2n) is 7.44. The third-order valence-electron chi connectivity index (χ3n) is 5.33. The highest BCUT2D eigenvalue weighted by Gasteiger charge is 2.41. The van der Waals surface area contributed by atoms with Gasteiger partial charge in [0.2, 0.25) is 5.76 Å². The Labute approximate surface area is 136 Å². The van der Waals surface area contributed by atoms with Gasteiger partial charge in [0.05, 0.1) is 19.4 Å². The summed E-state index contributed by atoms with van der Waals surface area (Å²) in [5, 5.41) is 3.65. The number of likely N-dealkylation sites (tertiary alicyclic amines) is 1. The van der Waals surface area contributed by atoms with Crippen LogP contribution < -0.4 is 0 Å². The number of carbonyl (C=O) groups is 1. The summed E-state index contributed by atoms with van der Waals surface area (Å²) in [4.78, 5) is 17.1. The Hall–Kier alpha value is -1.40. The van der Waals surface area contributed by atoms with Gasteiger partial charge in [-0.3, -0.25) is 4.79 Å². The van der Waals surface area contributed by atoms with Crippen molar-refractivity contribution in [1.82, 2.24) is 15.0 Å². The molecule has 1 aromatic rings. The zero-order valence-corrected chi connectivity index (χ0v) is 13.6. The number of ether oxygens (including phenoxy) is 1. The summed E-state index contributed by atoms with van der Waals surface area (Å²) in [6.07, 6.45) is 6.44. The van der Waals surface area contributed by atoms with Gasteiger partial charge < -0.3 is 19.1 Å². The van der Waals surface area contributed by atoms with Gasteiger partial charge in [-0.1, -0.05) is 5.16 Å². The Kier molecular flexibility index (Phi) is 4.11. The van der Waals surface area contributed by atoms with E-state index in [1.165, 1.54) is 25.6 Å². The smallest absolute Gasteiger partial charge is 0.292 e. The Morgan fingerprint density at radius 2 is 2.26 bits per heavy atom. The number of piperidine rings is 1. The molecule has 0 unspecified atom stereocenters. The predicted octanol–water partition coefficient (Wildman–Crippen LogP) is 1.64. The Morgan fingerprint density at radius 3 is 3.04 bits per heavy atom. The maximum Gasteiger partial charge on any atom is 0.292 e. The van der Waals surface area contributed by atoms with E-state index in [4.69, 9.17) is 9.26 Å². The van der Waals surface area contributed by atoms with Crippen LogP contribution in [0.15, 0.2) is 16.8 Å². The monoisotopic (exact) mass is 319 g/mol. The molecule has 6 heteroatoms. The molecule has 1 spiro atoms. The van der Waals surface area contributed by atoms with E-state index < -0.39 is 0 Å². The summed E-state index contributed by atoms with van der Waals surface area (Å²) in [6, 6.07) is 1.65. The second-order valence-corrected chi connectivity index (χ2v) is 7.44. The molecule has 0 N–H and O–H groups in total. The third kappa shape index (κ3) is 3.43. The van der Waals surface area contributed by atoms with E-state index in [9.17, 15) is 4.79 Å². The van der Waals surface area contributed by atoms with Crippen LogP contribution in [-0.4, -0.2) is 66.8 Å². The van der Waals surface area contributed by atoms with Crippen LogP contribution in [0.1, 0.15) is 36.2 Å². The topological polar surface area (TPSA) is 58.8 Å². The summed E-state index contributed by atoms with van der Waals surface area (Å²) in [6.45, 7) is 6.38. The van der Waals surface area contributed by atoms with Crippen molar-refractivity contribution in [2.24, 2.45) is 11.3 Å². The van der Waals surface area contributed by atoms with E-state index >= 15 is 0 Å². The van der Waals surface area contributed by atoms with E-state index in [0.29, 0.717) is 5.76 Å². The first-order chi connectivity index (χ1) is 11.2. The fourth-order valence-corrected chi connectivity index (χ4v) is 4.01. The van der Waals surface area contributed by atoms with Gasteiger partial charge in [0.1, 0.15) is 0 Å². The highest BCUT2D eigenvalue weighted by atomic mass is 16.5. The number of carbonyl (C=O) groups excluding carboxylic acids is 1. The van der Waals surface area contributed by atoms with Crippen LogP contribution in [-0.2, 0) is 4.74 Å². The van der Waals surface area contributed by atoms with E-state index in [1.807, 2.05) is 4.90 Å². The maximum atomic E-state index is 12.6. The minimum Gasteiger partial charge on any atom is -0.379 e. The number of nitrogens with zero attached hydrogens (tertiary/aromatic N) is 3. The van der Waals surface area contributed by atoms with Crippen molar-refractivity contribution in [3.8, 4) is 0 Å². The van der Waals surface area contributed by atoms with Crippen molar-refractivity contribution in [1.29, 1.82) is 0 Å². The fraction of sp³-hybridized carbons (Fsp3) is 0.765. The Balaban J connectivity index is 1.46. The van der Waals surface area contributed by atoms with E-state index in [0.717, 1.165) is 58.2 Å². The summed E-state index contributed by atoms with van der Waals surface area (Å²) in [7, 11) is 0. The molecule has 23 heavy (non-hydrogen) atoms. The molecule has 3 fully saturated rings. The van der Waals surface area contributed by atoms with E-state index in [-0.39, 0.29) is 11.3 Å². The molecule has 0 bridgehead atoms. The molecule has 2 aliphatic heterocycles. The number of aromatic nitrogens is 1. The molecule has 1 aromatic heterocycles. The van der Waals surface area contributed by atoms with Crippen molar-refractivity contribution in [2.75, 3.05) is 45.9 Å². The molecule has 1 saturated carbocycles. The highest BCUT2D eigenvalue weighted by molar-refractivity contribution is 5.91. The van der Waals surface area contributed by atoms with Crippen LogP contribution in [0.25, 0.3) is 0 Å².